The van der Waals surface area contributed by atoms with E-state index in [2.05, 4.69) is 4.90 Å². The molecule has 0 N–H and O–H groups in total. The van der Waals surface area contributed by atoms with Gasteiger partial charge in [-0.05, 0) is 48.3 Å². The molecule has 3 aliphatic rings. The number of hydrogen-bond donors (Lipinski definition) is 0. The number of hydrogen-bond acceptors (Lipinski definition) is 4. The predicted octanol–water partition coefficient (Wildman–Crippen LogP) is 3.28. The maximum atomic E-state index is 13.2. The molecule has 0 radical (unpaired) electrons. The van der Waals surface area contributed by atoms with E-state index in [1.165, 1.54) is 25.7 Å². The summed E-state index contributed by atoms with van der Waals surface area (Å²) < 4.78 is 10.9. The van der Waals surface area contributed by atoms with Crippen molar-refractivity contribution in [3.8, 4) is 11.5 Å². The zero-order valence-electron chi connectivity index (χ0n) is 15.5. The van der Waals surface area contributed by atoms with Crippen LogP contribution in [0.2, 0.25) is 0 Å². The summed E-state index contributed by atoms with van der Waals surface area (Å²) >= 11 is 5.75. The van der Waals surface area contributed by atoms with Crippen molar-refractivity contribution in [1.29, 1.82) is 0 Å². The van der Waals surface area contributed by atoms with E-state index in [4.69, 9.17) is 21.7 Å². The minimum absolute atomic E-state index is 0.170. The van der Waals surface area contributed by atoms with Gasteiger partial charge < -0.3 is 14.4 Å². The van der Waals surface area contributed by atoms with Gasteiger partial charge >= 0.3 is 0 Å². The maximum Gasteiger partial charge on any atom is 0.252 e. The summed E-state index contributed by atoms with van der Waals surface area (Å²) in [5.41, 5.74) is 2.32. The molecule has 1 aromatic carbocycles. The smallest absolute Gasteiger partial charge is 0.252 e. The summed E-state index contributed by atoms with van der Waals surface area (Å²) in [6.07, 6.45) is 7.74. The summed E-state index contributed by atoms with van der Waals surface area (Å²) in [6.45, 7) is 0.661. The number of benzene rings is 1. The van der Waals surface area contributed by atoms with Crippen LogP contribution in [-0.2, 0) is 17.8 Å². The van der Waals surface area contributed by atoms with Crippen molar-refractivity contribution in [2.75, 3.05) is 14.2 Å². The Morgan fingerprint density at radius 1 is 1.00 bits per heavy atom. The lowest BCUT2D eigenvalue weighted by Gasteiger charge is -2.31. The first-order valence-corrected chi connectivity index (χ1v) is 9.92. The molecule has 2 heterocycles. The summed E-state index contributed by atoms with van der Waals surface area (Å²) in [5.74, 6) is 1.62. The van der Waals surface area contributed by atoms with Gasteiger partial charge in [-0.1, -0.05) is 25.7 Å². The molecule has 1 saturated heterocycles. The predicted molar refractivity (Wildman–Crippen MR) is 104 cm³/mol. The van der Waals surface area contributed by atoms with Gasteiger partial charge in [-0.3, -0.25) is 9.69 Å². The van der Waals surface area contributed by atoms with E-state index < -0.39 is 0 Å². The Morgan fingerprint density at radius 3 is 2.23 bits per heavy atom. The minimum Gasteiger partial charge on any atom is -0.493 e. The third-order valence-corrected chi connectivity index (χ3v) is 6.43. The van der Waals surface area contributed by atoms with Gasteiger partial charge in [0, 0.05) is 19.0 Å². The second-order valence-electron chi connectivity index (χ2n) is 7.46. The van der Waals surface area contributed by atoms with Gasteiger partial charge in [-0.25, -0.2) is 0 Å². The summed E-state index contributed by atoms with van der Waals surface area (Å²) in [6, 6.07) is 4.13. The lowest BCUT2D eigenvalue weighted by Crippen LogP contribution is -2.40. The highest BCUT2D eigenvalue weighted by molar-refractivity contribution is 7.80. The van der Waals surface area contributed by atoms with Crippen LogP contribution in [0.3, 0.4) is 0 Å². The highest BCUT2D eigenvalue weighted by Gasteiger charge is 2.47. The van der Waals surface area contributed by atoms with E-state index in [-0.39, 0.29) is 18.0 Å². The zero-order chi connectivity index (χ0) is 18.3. The third-order valence-electron chi connectivity index (χ3n) is 6.00. The molecule has 1 atom stereocenters. The highest BCUT2D eigenvalue weighted by atomic mass is 32.1. The van der Waals surface area contributed by atoms with Crippen LogP contribution < -0.4 is 9.47 Å². The second kappa shape index (κ2) is 7.06. The summed E-state index contributed by atoms with van der Waals surface area (Å²) in [4.78, 5) is 17.2. The molecule has 1 amide bonds. The van der Waals surface area contributed by atoms with Crippen LogP contribution in [0.1, 0.15) is 49.7 Å². The number of carbonyl (C=O) groups is 1. The monoisotopic (exact) mass is 374 g/mol. The number of amides is 1. The second-order valence-corrected chi connectivity index (χ2v) is 7.83. The number of ether oxygens (including phenoxy) is 2. The Hall–Kier alpha value is -1.82. The fourth-order valence-electron chi connectivity index (χ4n) is 4.58. The van der Waals surface area contributed by atoms with E-state index in [0.29, 0.717) is 23.8 Å². The zero-order valence-corrected chi connectivity index (χ0v) is 16.3. The van der Waals surface area contributed by atoms with Crippen LogP contribution in [0.25, 0.3) is 0 Å². The Balaban J connectivity index is 1.62. The molecule has 6 heteroatoms. The van der Waals surface area contributed by atoms with Crippen LogP contribution in [0.4, 0.5) is 0 Å². The molecule has 0 spiro atoms. The molecular weight excluding hydrogens is 348 g/mol. The van der Waals surface area contributed by atoms with Crippen LogP contribution in [0.5, 0.6) is 11.5 Å². The van der Waals surface area contributed by atoms with Crippen molar-refractivity contribution in [2.24, 2.45) is 0 Å². The molecule has 26 heavy (non-hydrogen) atoms. The van der Waals surface area contributed by atoms with Crippen LogP contribution >= 0.6 is 12.2 Å². The lowest BCUT2D eigenvalue weighted by atomic mass is 9.94. The number of fused-ring (bicyclic) bond motifs is 2. The van der Waals surface area contributed by atoms with E-state index in [9.17, 15) is 4.79 Å². The summed E-state index contributed by atoms with van der Waals surface area (Å²) in [5, 5.41) is 0.715. The van der Waals surface area contributed by atoms with Crippen molar-refractivity contribution in [1.82, 2.24) is 9.80 Å². The molecule has 0 unspecified atom stereocenters. The number of methoxy groups -OCH3 is 2. The molecular formula is C20H26N2O3S. The number of rotatable bonds is 3. The Morgan fingerprint density at radius 2 is 1.62 bits per heavy atom. The molecule has 1 aromatic rings. The van der Waals surface area contributed by atoms with Gasteiger partial charge in [0.1, 0.15) is 6.04 Å². The van der Waals surface area contributed by atoms with Crippen LogP contribution in [0, 0.1) is 0 Å². The molecule has 4 rings (SSSR count). The van der Waals surface area contributed by atoms with Gasteiger partial charge in [-0.2, -0.15) is 0 Å². The van der Waals surface area contributed by atoms with Crippen molar-refractivity contribution in [2.45, 2.75) is 63.6 Å². The van der Waals surface area contributed by atoms with Gasteiger partial charge in [-0.15, -0.1) is 0 Å². The average Bonchev–Trinajstić information content (AvgIpc) is 2.85. The standard InChI is InChI=1S/C20H26N2O3S/c1-24-17-10-13-9-16-19(23)22(15-7-5-3-4-6-8-15)20(26)21(16)12-14(13)11-18(17)25-2/h10-11,15-16H,3-9,12H2,1-2H3/t16-/m0/s1. The largest absolute Gasteiger partial charge is 0.493 e. The van der Waals surface area contributed by atoms with Crippen LogP contribution in [0.15, 0.2) is 12.1 Å². The van der Waals surface area contributed by atoms with E-state index in [0.717, 1.165) is 29.7 Å². The number of nitrogens with zero attached hydrogens (tertiary/aromatic N) is 2. The normalized spacial score (nSPS) is 23.5. The van der Waals surface area contributed by atoms with E-state index in [1.54, 1.807) is 14.2 Å². The van der Waals surface area contributed by atoms with E-state index in [1.807, 2.05) is 17.0 Å². The topological polar surface area (TPSA) is 42.0 Å². The molecule has 5 nitrogen and oxygen atoms in total. The fourth-order valence-corrected chi connectivity index (χ4v) is 5.01. The van der Waals surface area contributed by atoms with E-state index >= 15 is 0 Å². The SMILES string of the molecule is COc1cc2c(cc1OC)CN1C(=S)N(C3CCCCCC3)C(=O)[C@@H]1C2. The van der Waals surface area contributed by atoms with Gasteiger partial charge in [0.15, 0.2) is 16.6 Å². The minimum atomic E-state index is -0.170. The first-order valence-electron chi connectivity index (χ1n) is 9.51. The first-order chi connectivity index (χ1) is 12.6. The molecule has 0 aromatic heterocycles. The molecule has 1 aliphatic carbocycles. The van der Waals surface area contributed by atoms with Gasteiger partial charge in [0.2, 0.25) is 0 Å². The number of thiocarbonyl (C=S) groups is 1. The van der Waals surface area contributed by atoms with Crippen molar-refractivity contribution >= 4 is 23.2 Å². The third kappa shape index (κ3) is 2.84. The number of carbonyl (C=O) groups excluding carboxylic acids is 1. The molecule has 140 valence electrons. The van der Waals surface area contributed by atoms with Crippen LogP contribution in [-0.4, -0.2) is 47.1 Å². The fraction of sp³-hybridized carbons (Fsp3) is 0.600. The molecule has 2 fully saturated rings. The van der Waals surface area contributed by atoms with Gasteiger partial charge in [0.05, 0.1) is 14.2 Å². The molecule has 0 bridgehead atoms. The Bertz CT molecular complexity index is 677. The Labute approximate surface area is 160 Å². The Kier molecular flexibility index (Phi) is 4.78. The van der Waals surface area contributed by atoms with Crippen molar-refractivity contribution in [3.05, 3.63) is 23.3 Å². The maximum absolute atomic E-state index is 13.2. The summed E-state index contributed by atoms with van der Waals surface area (Å²) in [7, 11) is 3.29. The highest BCUT2D eigenvalue weighted by Crippen LogP contribution is 2.38. The molecule has 2 aliphatic heterocycles. The van der Waals surface area contributed by atoms with Crippen molar-refractivity contribution in [3.63, 3.8) is 0 Å². The molecule has 1 saturated carbocycles. The average molecular weight is 375 g/mol. The van der Waals surface area contributed by atoms with Crippen molar-refractivity contribution < 1.29 is 14.3 Å². The first kappa shape index (κ1) is 17.6. The lowest BCUT2D eigenvalue weighted by molar-refractivity contribution is -0.129. The quantitative estimate of drug-likeness (QED) is 0.600. The van der Waals surface area contributed by atoms with Gasteiger partial charge in [0.25, 0.3) is 5.91 Å².